The molecule has 1 fully saturated rings. The molecule has 0 radical (unpaired) electrons. The summed E-state index contributed by atoms with van der Waals surface area (Å²) in [7, 11) is 0. The van der Waals surface area contributed by atoms with Gasteiger partial charge < -0.3 is 5.11 Å². The number of nitrogens with zero attached hydrogens (tertiary/aromatic N) is 2. The van der Waals surface area contributed by atoms with Gasteiger partial charge in [0.05, 0.1) is 17.4 Å². The number of carbonyl (C=O) groups is 1. The molecule has 0 bridgehead atoms. The van der Waals surface area contributed by atoms with Crippen molar-refractivity contribution in [3.8, 4) is 0 Å². The number of hydrogen-bond acceptors (Lipinski definition) is 2. The van der Waals surface area contributed by atoms with Crippen molar-refractivity contribution in [3.63, 3.8) is 0 Å². The van der Waals surface area contributed by atoms with E-state index in [1.807, 2.05) is 11.6 Å². The van der Waals surface area contributed by atoms with E-state index in [4.69, 9.17) is 0 Å². The molecule has 4 nitrogen and oxygen atoms in total. The second-order valence-electron chi connectivity index (χ2n) is 5.72. The van der Waals surface area contributed by atoms with E-state index in [2.05, 4.69) is 18.9 Å². The first-order chi connectivity index (χ1) is 8.41. The summed E-state index contributed by atoms with van der Waals surface area (Å²) >= 11 is 0. The van der Waals surface area contributed by atoms with Crippen LogP contribution < -0.4 is 0 Å². The van der Waals surface area contributed by atoms with E-state index in [1.165, 1.54) is 6.42 Å². The molecule has 1 heterocycles. The fourth-order valence-corrected chi connectivity index (χ4v) is 3.07. The molecule has 1 saturated carbocycles. The first-order valence-corrected chi connectivity index (χ1v) is 6.70. The molecule has 0 amide bonds. The van der Waals surface area contributed by atoms with Gasteiger partial charge in [0, 0.05) is 0 Å². The zero-order chi connectivity index (χ0) is 13.4. The van der Waals surface area contributed by atoms with Crippen LogP contribution in [0.1, 0.15) is 60.9 Å². The van der Waals surface area contributed by atoms with Crippen molar-refractivity contribution in [1.29, 1.82) is 0 Å². The number of hydrogen-bond donors (Lipinski definition) is 1. The quantitative estimate of drug-likeness (QED) is 0.877. The fraction of sp³-hybridized carbons (Fsp3) is 0.714. The predicted octanol–water partition coefficient (Wildman–Crippen LogP) is 3.20. The van der Waals surface area contributed by atoms with Crippen molar-refractivity contribution in [2.45, 2.75) is 53.0 Å². The predicted molar refractivity (Wildman–Crippen MR) is 69.9 cm³/mol. The Hall–Kier alpha value is -1.32. The number of carboxylic acid groups (broad SMARTS) is 1. The summed E-state index contributed by atoms with van der Waals surface area (Å²) in [6.07, 6.45) is 3.40. The molecule has 1 aliphatic carbocycles. The molecule has 1 aromatic rings. The van der Waals surface area contributed by atoms with E-state index in [0.717, 1.165) is 24.5 Å². The van der Waals surface area contributed by atoms with Gasteiger partial charge in [-0.3, -0.25) is 4.68 Å². The molecular formula is C14H22N2O2. The molecule has 0 aliphatic heterocycles. The van der Waals surface area contributed by atoms with Crippen molar-refractivity contribution < 1.29 is 9.90 Å². The molecule has 4 heteroatoms. The third kappa shape index (κ3) is 2.16. The lowest BCUT2D eigenvalue weighted by molar-refractivity contribution is 0.0695. The van der Waals surface area contributed by atoms with Crippen LogP contribution in [0, 0.1) is 25.7 Å². The van der Waals surface area contributed by atoms with E-state index in [0.29, 0.717) is 23.2 Å². The van der Waals surface area contributed by atoms with Gasteiger partial charge in [0.1, 0.15) is 5.56 Å². The molecular weight excluding hydrogens is 228 g/mol. The second kappa shape index (κ2) is 4.75. The molecule has 3 unspecified atom stereocenters. The first kappa shape index (κ1) is 13.1. The van der Waals surface area contributed by atoms with Gasteiger partial charge in [0.15, 0.2) is 0 Å². The fourth-order valence-electron chi connectivity index (χ4n) is 3.07. The van der Waals surface area contributed by atoms with Crippen LogP contribution in [0.15, 0.2) is 0 Å². The lowest BCUT2D eigenvalue weighted by Crippen LogP contribution is -2.24. The van der Waals surface area contributed by atoms with Crippen molar-refractivity contribution >= 4 is 5.97 Å². The average molecular weight is 250 g/mol. The number of carboxylic acids is 1. The molecule has 0 spiro atoms. The molecule has 0 saturated heterocycles. The SMILES string of the molecule is Cc1nn(C2CCC(C)C(C)C2)c(C)c1C(=O)O. The summed E-state index contributed by atoms with van der Waals surface area (Å²) in [5, 5.41) is 13.6. The van der Waals surface area contributed by atoms with Gasteiger partial charge in [0.25, 0.3) is 0 Å². The summed E-state index contributed by atoms with van der Waals surface area (Å²) in [6.45, 7) is 8.22. The Balaban J connectivity index is 2.29. The molecule has 18 heavy (non-hydrogen) atoms. The van der Waals surface area contributed by atoms with Crippen molar-refractivity contribution in [1.82, 2.24) is 9.78 Å². The van der Waals surface area contributed by atoms with Crippen LogP contribution in [-0.4, -0.2) is 20.9 Å². The van der Waals surface area contributed by atoms with Gasteiger partial charge in [-0.25, -0.2) is 4.79 Å². The molecule has 1 aliphatic rings. The molecule has 2 rings (SSSR count). The summed E-state index contributed by atoms with van der Waals surface area (Å²) in [4.78, 5) is 11.2. The minimum absolute atomic E-state index is 0.364. The second-order valence-corrected chi connectivity index (χ2v) is 5.72. The maximum Gasteiger partial charge on any atom is 0.339 e. The average Bonchev–Trinajstić information content (AvgIpc) is 2.58. The maximum absolute atomic E-state index is 11.2. The Morgan fingerprint density at radius 1 is 1.28 bits per heavy atom. The van der Waals surface area contributed by atoms with Crippen LogP contribution in [0.4, 0.5) is 0 Å². The number of aryl methyl sites for hydroxylation is 1. The highest BCUT2D eigenvalue weighted by Crippen LogP contribution is 2.37. The Morgan fingerprint density at radius 3 is 2.44 bits per heavy atom. The Labute approximate surface area is 108 Å². The lowest BCUT2D eigenvalue weighted by atomic mass is 9.79. The van der Waals surface area contributed by atoms with E-state index >= 15 is 0 Å². The standard InChI is InChI=1S/C14H22N2O2/c1-8-5-6-12(7-9(8)2)16-11(4)13(14(17)18)10(3)15-16/h8-9,12H,5-7H2,1-4H3,(H,17,18). The van der Waals surface area contributed by atoms with Crippen LogP contribution >= 0.6 is 0 Å². The highest BCUT2D eigenvalue weighted by Gasteiger charge is 2.29. The van der Waals surface area contributed by atoms with Gasteiger partial charge in [-0.1, -0.05) is 13.8 Å². The van der Waals surface area contributed by atoms with Crippen LogP contribution in [0.5, 0.6) is 0 Å². The molecule has 3 atom stereocenters. The van der Waals surface area contributed by atoms with Crippen LogP contribution in [0.2, 0.25) is 0 Å². The highest BCUT2D eigenvalue weighted by molar-refractivity contribution is 5.90. The monoisotopic (exact) mass is 250 g/mol. The highest BCUT2D eigenvalue weighted by atomic mass is 16.4. The van der Waals surface area contributed by atoms with Crippen LogP contribution in [0.25, 0.3) is 0 Å². The van der Waals surface area contributed by atoms with Gasteiger partial charge in [-0.2, -0.15) is 5.10 Å². The minimum atomic E-state index is -0.867. The normalized spacial score (nSPS) is 28.3. The topological polar surface area (TPSA) is 55.1 Å². The lowest BCUT2D eigenvalue weighted by Gasteiger charge is -2.32. The van der Waals surface area contributed by atoms with Gasteiger partial charge in [0.2, 0.25) is 0 Å². The van der Waals surface area contributed by atoms with E-state index < -0.39 is 5.97 Å². The zero-order valence-corrected chi connectivity index (χ0v) is 11.6. The van der Waals surface area contributed by atoms with E-state index in [1.54, 1.807) is 6.92 Å². The molecule has 0 aromatic carbocycles. The van der Waals surface area contributed by atoms with Gasteiger partial charge in [-0.15, -0.1) is 0 Å². The number of aromatic nitrogens is 2. The summed E-state index contributed by atoms with van der Waals surface area (Å²) in [5.41, 5.74) is 1.80. The molecule has 1 N–H and O–H groups in total. The summed E-state index contributed by atoms with van der Waals surface area (Å²) in [5.74, 6) is 0.576. The number of rotatable bonds is 2. The van der Waals surface area contributed by atoms with Gasteiger partial charge >= 0.3 is 5.97 Å². The number of aromatic carboxylic acids is 1. The first-order valence-electron chi connectivity index (χ1n) is 6.70. The summed E-state index contributed by atoms with van der Waals surface area (Å²) in [6, 6.07) is 0.364. The Kier molecular flexibility index (Phi) is 3.46. The van der Waals surface area contributed by atoms with Crippen molar-refractivity contribution in [2.75, 3.05) is 0 Å². The smallest absolute Gasteiger partial charge is 0.339 e. The third-order valence-corrected chi connectivity index (χ3v) is 4.46. The maximum atomic E-state index is 11.2. The minimum Gasteiger partial charge on any atom is -0.478 e. The molecule has 1 aromatic heterocycles. The summed E-state index contributed by atoms with van der Waals surface area (Å²) < 4.78 is 1.95. The van der Waals surface area contributed by atoms with E-state index in [9.17, 15) is 9.90 Å². The van der Waals surface area contributed by atoms with Crippen molar-refractivity contribution in [3.05, 3.63) is 17.0 Å². The van der Waals surface area contributed by atoms with Crippen LogP contribution in [-0.2, 0) is 0 Å². The Morgan fingerprint density at radius 2 is 1.94 bits per heavy atom. The van der Waals surface area contributed by atoms with Crippen LogP contribution in [0.3, 0.4) is 0 Å². The largest absolute Gasteiger partial charge is 0.478 e. The Bertz CT molecular complexity index is 465. The molecule has 100 valence electrons. The third-order valence-electron chi connectivity index (χ3n) is 4.46. The zero-order valence-electron chi connectivity index (χ0n) is 11.6. The van der Waals surface area contributed by atoms with Crippen molar-refractivity contribution in [2.24, 2.45) is 11.8 Å². The van der Waals surface area contributed by atoms with E-state index in [-0.39, 0.29) is 0 Å². The van der Waals surface area contributed by atoms with Gasteiger partial charge in [-0.05, 0) is 44.9 Å².